The minimum Gasteiger partial charge on any atom is -0.452 e. The van der Waals surface area contributed by atoms with Crippen LogP contribution >= 0.6 is 11.6 Å². The summed E-state index contributed by atoms with van der Waals surface area (Å²) in [4.78, 5) is 25.6. The van der Waals surface area contributed by atoms with Gasteiger partial charge in [0.15, 0.2) is 6.61 Å². The van der Waals surface area contributed by atoms with Crippen molar-refractivity contribution < 1.29 is 27.5 Å². The third-order valence-electron chi connectivity index (χ3n) is 3.63. The van der Waals surface area contributed by atoms with Gasteiger partial charge in [0.05, 0.1) is 28.7 Å². The maximum atomic E-state index is 12.2. The topological polar surface area (TPSA) is 93.2 Å². The van der Waals surface area contributed by atoms with E-state index in [1.165, 1.54) is 31.1 Å². The lowest BCUT2D eigenvalue weighted by molar-refractivity contribution is -0.138. The summed E-state index contributed by atoms with van der Waals surface area (Å²) in [6, 6.07) is 3.74. The highest BCUT2D eigenvalue weighted by Crippen LogP contribution is 2.23. The highest BCUT2D eigenvalue weighted by Gasteiger charge is 2.23. The zero-order valence-corrected chi connectivity index (χ0v) is 15.5. The zero-order chi connectivity index (χ0) is 18.6. The monoisotopic (exact) mass is 390 g/mol. The van der Waals surface area contributed by atoms with Crippen molar-refractivity contribution in [2.24, 2.45) is 0 Å². The van der Waals surface area contributed by atoms with Crippen LogP contribution in [0.3, 0.4) is 0 Å². The van der Waals surface area contributed by atoms with Gasteiger partial charge in [-0.05, 0) is 18.2 Å². The van der Waals surface area contributed by atoms with Crippen LogP contribution in [0.5, 0.6) is 0 Å². The van der Waals surface area contributed by atoms with E-state index in [0.717, 1.165) is 10.4 Å². The second-order valence-corrected chi connectivity index (χ2v) is 8.06. The number of esters is 1. The summed E-state index contributed by atoms with van der Waals surface area (Å²) in [6.45, 7) is 1.31. The first kappa shape index (κ1) is 19.6. The number of carbonyl (C=O) groups is 2. The van der Waals surface area contributed by atoms with Crippen LogP contribution in [-0.4, -0.2) is 76.5 Å². The molecule has 0 aliphatic carbocycles. The van der Waals surface area contributed by atoms with Crippen molar-refractivity contribution in [1.29, 1.82) is 0 Å². The molecule has 0 N–H and O–H groups in total. The lowest BCUT2D eigenvalue weighted by Crippen LogP contribution is -2.42. The van der Waals surface area contributed by atoms with Gasteiger partial charge in [0, 0.05) is 27.2 Å². The molecule has 1 aliphatic rings. The molecule has 0 aromatic heterocycles. The quantitative estimate of drug-likeness (QED) is 0.684. The van der Waals surface area contributed by atoms with Gasteiger partial charge in [-0.15, -0.1) is 0 Å². The van der Waals surface area contributed by atoms with Gasteiger partial charge in [-0.1, -0.05) is 11.6 Å². The number of rotatable bonds is 5. The van der Waals surface area contributed by atoms with E-state index in [0.29, 0.717) is 26.3 Å². The first-order valence-electron chi connectivity index (χ1n) is 7.48. The van der Waals surface area contributed by atoms with Crippen LogP contribution in [0.1, 0.15) is 10.4 Å². The molecular formula is C15H19ClN2O6S. The second kappa shape index (κ2) is 8.13. The molecule has 0 spiro atoms. The number of benzene rings is 1. The molecule has 25 heavy (non-hydrogen) atoms. The Hall–Kier alpha value is -1.68. The molecule has 0 unspecified atom stereocenters. The average Bonchev–Trinajstić information content (AvgIpc) is 2.60. The standard InChI is InChI=1S/C15H19ClN2O6S/c1-17(2)25(21,22)11-3-4-13(16)12(9-11)15(20)24-10-14(19)18-5-7-23-8-6-18/h3-4,9H,5-8,10H2,1-2H3. The number of sulfonamides is 1. The van der Waals surface area contributed by atoms with Gasteiger partial charge in [-0.3, -0.25) is 4.79 Å². The molecule has 1 aliphatic heterocycles. The first-order chi connectivity index (χ1) is 11.7. The summed E-state index contributed by atoms with van der Waals surface area (Å²) in [5, 5.41) is 0.0431. The van der Waals surface area contributed by atoms with E-state index in [4.69, 9.17) is 21.1 Å². The highest BCUT2D eigenvalue weighted by molar-refractivity contribution is 7.89. The molecule has 1 fully saturated rings. The molecule has 0 atom stereocenters. The van der Waals surface area contributed by atoms with Gasteiger partial charge in [0.25, 0.3) is 5.91 Å². The van der Waals surface area contributed by atoms with Gasteiger partial charge in [-0.2, -0.15) is 0 Å². The van der Waals surface area contributed by atoms with Crippen LogP contribution in [0.2, 0.25) is 5.02 Å². The van der Waals surface area contributed by atoms with Gasteiger partial charge in [-0.25, -0.2) is 17.5 Å². The van der Waals surface area contributed by atoms with Crippen LogP contribution in [0, 0.1) is 0 Å². The fourth-order valence-electron chi connectivity index (χ4n) is 2.14. The van der Waals surface area contributed by atoms with E-state index in [2.05, 4.69) is 0 Å². The molecular weight excluding hydrogens is 372 g/mol. The third-order valence-corrected chi connectivity index (χ3v) is 5.77. The molecule has 1 aromatic rings. The summed E-state index contributed by atoms with van der Waals surface area (Å²) in [5.41, 5.74) is -0.112. The summed E-state index contributed by atoms with van der Waals surface area (Å²) in [5.74, 6) is -1.20. The zero-order valence-electron chi connectivity index (χ0n) is 13.9. The minimum atomic E-state index is -3.72. The van der Waals surface area contributed by atoms with Crippen molar-refractivity contribution in [3.05, 3.63) is 28.8 Å². The number of hydrogen-bond donors (Lipinski definition) is 0. The summed E-state index contributed by atoms with van der Waals surface area (Å²) in [7, 11) is -0.964. The number of ether oxygens (including phenoxy) is 2. The predicted molar refractivity (Wildman–Crippen MR) is 90.0 cm³/mol. The summed E-state index contributed by atoms with van der Waals surface area (Å²) < 4.78 is 35.5. The molecule has 138 valence electrons. The number of morpholine rings is 1. The number of carbonyl (C=O) groups excluding carboxylic acids is 2. The van der Waals surface area contributed by atoms with Crippen LogP contribution in [0.4, 0.5) is 0 Å². The van der Waals surface area contributed by atoms with E-state index in [1.54, 1.807) is 0 Å². The van der Waals surface area contributed by atoms with Gasteiger partial charge in [0.1, 0.15) is 0 Å². The van der Waals surface area contributed by atoms with Crippen molar-refractivity contribution in [3.63, 3.8) is 0 Å². The fraction of sp³-hybridized carbons (Fsp3) is 0.467. The Morgan fingerprint density at radius 2 is 1.92 bits per heavy atom. The van der Waals surface area contributed by atoms with E-state index >= 15 is 0 Å². The Morgan fingerprint density at radius 3 is 2.52 bits per heavy atom. The van der Waals surface area contributed by atoms with E-state index in [1.807, 2.05) is 0 Å². The van der Waals surface area contributed by atoms with Crippen molar-refractivity contribution >= 4 is 33.5 Å². The van der Waals surface area contributed by atoms with E-state index in [9.17, 15) is 18.0 Å². The maximum absolute atomic E-state index is 12.2. The Kier molecular flexibility index (Phi) is 6.39. The molecule has 1 aromatic carbocycles. The third kappa shape index (κ3) is 4.69. The number of nitrogens with zero attached hydrogens (tertiary/aromatic N) is 2. The number of amides is 1. The first-order valence-corrected chi connectivity index (χ1v) is 9.30. The van der Waals surface area contributed by atoms with Gasteiger partial charge < -0.3 is 14.4 Å². The Bertz CT molecular complexity index is 759. The van der Waals surface area contributed by atoms with E-state index in [-0.39, 0.29) is 21.4 Å². The van der Waals surface area contributed by atoms with Crippen LogP contribution in [0.15, 0.2) is 23.1 Å². The second-order valence-electron chi connectivity index (χ2n) is 5.50. The maximum Gasteiger partial charge on any atom is 0.340 e. The lowest BCUT2D eigenvalue weighted by Gasteiger charge is -2.26. The van der Waals surface area contributed by atoms with Crippen molar-refractivity contribution in [3.8, 4) is 0 Å². The fourth-order valence-corrected chi connectivity index (χ4v) is 3.26. The van der Waals surface area contributed by atoms with Crippen molar-refractivity contribution in [2.75, 3.05) is 47.0 Å². The highest BCUT2D eigenvalue weighted by atomic mass is 35.5. The molecule has 2 rings (SSSR count). The van der Waals surface area contributed by atoms with Crippen molar-refractivity contribution in [2.45, 2.75) is 4.90 Å². The Morgan fingerprint density at radius 1 is 1.28 bits per heavy atom. The molecule has 0 bridgehead atoms. The van der Waals surface area contributed by atoms with Crippen molar-refractivity contribution in [1.82, 2.24) is 9.21 Å². The lowest BCUT2D eigenvalue weighted by atomic mass is 10.2. The number of hydrogen-bond acceptors (Lipinski definition) is 6. The summed E-state index contributed by atoms with van der Waals surface area (Å²) in [6.07, 6.45) is 0. The predicted octanol–water partition coefficient (Wildman–Crippen LogP) is 0.606. The molecule has 1 amide bonds. The molecule has 0 radical (unpaired) electrons. The molecule has 0 saturated carbocycles. The largest absolute Gasteiger partial charge is 0.452 e. The minimum absolute atomic E-state index is 0.0431. The Labute approximate surface area is 151 Å². The molecule has 8 nitrogen and oxygen atoms in total. The smallest absolute Gasteiger partial charge is 0.340 e. The average molecular weight is 391 g/mol. The normalized spacial score (nSPS) is 15.3. The van der Waals surface area contributed by atoms with Gasteiger partial charge in [0.2, 0.25) is 10.0 Å². The van der Waals surface area contributed by atoms with Crippen LogP contribution in [0.25, 0.3) is 0 Å². The summed E-state index contributed by atoms with van der Waals surface area (Å²) >= 11 is 5.96. The van der Waals surface area contributed by atoms with E-state index < -0.39 is 22.6 Å². The SMILES string of the molecule is CN(C)S(=O)(=O)c1ccc(Cl)c(C(=O)OCC(=O)N2CCOCC2)c1. The van der Waals surface area contributed by atoms with Crippen LogP contribution < -0.4 is 0 Å². The molecule has 10 heteroatoms. The molecule has 1 saturated heterocycles. The Balaban J connectivity index is 2.09. The molecule has 1 heterocycles. The van der Waals surface area contributed by atoms with Gasteiger partial charge >= 0.3 is 5.97 Å². The number of halogens is 1. The van der Waals surface area contributed by atoms with Crippen LogP contribution in [-0.2, 0) is 24.3 Å².